The Hall–Kier alpha value is -2.89. The van der Waals surface area contributed by atoms with E-state index in [-0.39, 0.29) is 44.6 Å². The molecule has 1 aromatic carbocycles. The number of carbonyl (C=O) groups excluding carboxylic acids is 3. The molecule has 2 amide bonds. The topological polar surface area (TPSA) is 124 Å². The van der Waals surface area contributed by atoms with Crippen molar-refractivity contribution in [3.8, 4) is 5.75 Å². The van der Waals surface area contributed by atoms with E-state index in [1.54, 1.807) is 44.6 Å². The fourth-order valence-corrected chi connectivity index (χ4v) is 8.10. The summed E-state index contributed by atoms with van der Waals surface area (Å²) < 4.78 is 29.0. The molecule has 3 aliphatic heterocycles. The van der Waals surface area contributed by atoms with Gasteiger partial charge in [0.05, 0.1) is 44.9 Å². The predicted octanol–water partition coefficient (Wildman–Crippen LogP) is 3.90. The molecule has 1 aliphatic carbocycles. The van der Waals surface area contributed by atoms with Crippen LogP contribution < -0.4 is 4.74 Å². The van der Waals surface area contributed by atoms with Crippen LogP contribution in [0.25, 0.3) is 0 Å². The lowest BCUT2D eigenvalue weighted by Gasteiger charge is -2.62. The van der Waals surface area contributed by atoms with Crippen molar-refractivity contribution in [2.45, 2.75) is 96.2 Å². The summed E-state index contributed by atoms with van der Waals surface area (Å²) in [4.78, 5) is 45.4. The average Bonchev–Trinajstić information content (AvgIpc) is 3.15. The van der Waals surface area contributed by atoms with E-state index in [0.29, 0.717) is 31.7 Å². The molecule has 244 valence electrons. The van der Waals surface area contributed by atoms with Gasteiger partial charge in [-0.1, -0.05) is 12.1 Å². The summed E-state index contributed by atoms with van der Waals surface area (Å²) in [6, 6.07) is 6.70. The molecule has 3 saturated heterocycles. The van der Waals surface area contributed by atoms with Crippen molar-refractivity contribution in [3.05, 3.63) is 29.8 Å². The van der Waals surface area contributed by atoms with Crippen LogP contribution in [0.3, 0.4) is 0 Å². The summed E-state index contributed by atoms with van der Waals surface area (Å²) in [5.41, 5.74) is -2.13. The quantitative estimate of drug-likeness (QED) is 0.390. The minimum atomic E-state index is -1.15. The molecule has 1 aromatic rings. The molecule has 11 heteroatoms. The molecule has 4 bridgehead atoms. The number of hydrogen-bond acceptors (Lipinski definition) is 9. The van der Waals surface area contributed by atoms with Gasteiger partial charge in [-0.2, -0.15) is 0 Å². The summed E-state index contributed by atoms with van der Waals surface area (Å²) in [6.07, 6.45) is 2.38. The number of benzene rings is 1. The monoisotopic (exact) mass is 616 g/mol. The minimum Gasteiger partial charge on any atom is -0.497 e. The second kappa shape index (κ2) is 12.8. The second-order valence-electron chi connectivity index (χ2n) is 13.7. The maximum Gasteiger partial charge on any atom is 0.410 e. The first-order valence-corrected chi connectivity index (χ1v) is 15.9. The van der Waals surface area contributed by atoms with Crippen molar-refractivity contribution < 1.29 is 43.2 Å². The molecule has 5 rings (SSSR count). The third kappa shape index (κ3) is 6.02. The van der Waals surface area contributed by atoms with Crippen molar-refractivity contribution in [3.63, 3.8) is 0 Å². The normalized spacial score (nSPS) is 31.5. The standard InChI is InChI=1S/C33H48N2O9/c1-6-41-26(37)18-33-25-14-15-34(30(39)44-31(2,3)4)29(33)32(20-36,21-43-27-9-7-8-16-42-27)17-24(25)28(38)35(33)19-22-10-12-23(40-5)13-11-22/h10-13,24-25,27,29,36H,6-9,14-21H2,1-5H3/t24-,25+,27?,29-,32-,33-/m0/s1. The van der Waals surface area contributed by atoms with Crippen LogP contribution in [-0.4, -0.2) is 96.4 Å². The van der Waals surface area contributed by atoms with Gasteiger partial charge in [-0.05, 0) is 83.4 Å². The lowest BCUT2D eigenvalue weighted by molar-refractivity contribution is -0.217. The number of rotatable bonds is 10. The van der Waals surface area contributed by atoms with Gasteiger partial charge in [0.2, 0.25) is 5.91 Å². The van der Waals surface area contributed by atoms with Gasteiger partial charge in [0.15, 0.2) is 6.29 Å². The van der Waals surface area contributed by atoms with Crippen molar-refractivity contribution in [1.82, 2.24) is 9.80 Å². The summed E-state index contributed by atoms with van der Waals surface area (Å²) >= 11 is 0. The van der Waals surface area contributed by atoms with Crippen LogP contribution in [0.2, 0.25) is 0 Å². The van der Waals surface area contributed by atoms with E-state index in [0.717, 1.165) is 24.8 Å². The number of piperidine rings is 1. The number of aliphatic hydroxyl groups is 1. The van der Waals surface area contributed by atoms with Crippen LogP contribution in [0.4, 0.5) is 4.79 Å². The van der Waals surface area contributed by atoms with Gasteiger partial charge in [-0.15, -0.1) is 0 Å². The molecule has 4 fully saturated rings. The minimum absolute atomic E-state index is 0.0651. The van der Waals surface area contributed by atoms with Gasteiger partial charge in [0, 0.05) is 31.0 Å². The van der Waals surface area contributed by atoms with Gasteiger partial charge >= 0.3 is 12.1 Å². The lowest BCUT2D eigenvalue weighted by Crippen LogP contribution is -2.76. The molecule has 1 saturated carbocycles. The molecule has 6 atom stereocenters. The van der Waals surface area contributed by atoms with Crippen LogP contribution in [0.15, 0.2) is 24.3 Å². The Balaban J connectivity index is 1.63. The maximum absolute atomic E-state index is 14.5. The Kier molecular flexibility index (Phi) is 9.49. The molecular formula is C33H48N2O9. The maximum atomic E-state index is 14.5. The van der Waals surface area contributed by atoms with Gasteiger partial charge in [-0.3, -0.25) is 9.59 Å². The van der Waals surface area contributed by atoms with Gasteiger partial charge in [0.25, 0.3) is 0 Å². The van der Waals surface area contributed by atoms with E-state index < -0.39 is 46.9 Å². The van der Waals surface area contributed by atoms with E-state index >= 15 is 0 Å². The largest absolute Gasteiger partial charge is 0.497 e. The highest BCUT2D eigenvalue weighted by molar-refractivity contribution is 5.87. The molecule has 3 heterocycles. The van der Waals surface area contributed by atoms with Crippen molar-refractivity contribution in [2.24, 2.45) is 17.3 Å². The molecule has 11 nitrogen and oxygen atoms in total. The number of aliphatic hydroxyl groups excluding tert-OH is 1. The van der Waals surface area contributed by atoms with Crippen molar-refractivity contribution in [2.75, 3.05) is 40.1 Å². The summed E-state index contributed by atoms with van der Waals surface area (Å²) in [5, 5.41) is 11.3. The van der Waals surface area contributed by atoms with Crippen LogP contribution in [0.1, 0.15) is 71.8 Å². The van der Waals surface area contributed by atoms with E-state index in [1.165, 1.54) is 0 Å². The Morgan fingerprint density at radius 3 is 2.50 bits per heavy atom. The highest BCUT2D eigenvalue weighted by atomic mass is 16.7. The number of amides is 2. The zero-order chi connectivity index (χ0) is 31.7. The fourth-order valence-electron chi connectivity index (χ4n) is 8.10. The van der Waals surface area contributed by atoms with Crippen molar-refractivity contribution in [1.29, 1.82) is 0 Å². The molecule has 1 unspecified atom stereocenters. The SMILES string of the molecule is CCOC(=O)C[C@]12[C@@H]3CCN(C(=O)OC(C)(C)C)[C@H]1[C@@](CO)(COC1CCCCO1)C[C@@H]3C(=O)N2Cc1ccc(OC)cc1. The molecule has 44 heavy (non-hydrogen) atoms. The molecule has 0 spiro atoms. The number of hydrogen-bond donors (Lipinski definition) is 1. The summed E-state index contributed by atoms with van der Waals surface area (Å²) in [5.74, 6) is -0.534. The first-order chi connectivity index (χ1) is 21.0. The van der Waals surface area contributed by atoms with Gasteiger partial charge < -0.3 is 38.6 Å². The number of likely N-dealkylation sites (tertiary alicyclic amines) is 2. The molecule has 4 aliphatic rings. The molecule has 1 N–H and O–H groups in total. The third-order valence-electron chi connectivity index (χ3n) is 9.76. The van der Waals surface area contributed by atoms with Gasteiger partial charge in [0.1, 0.15) is 11.4 Å². The number of nitrogens with zero attached hydrogens (tertiary/aromatic N) is 2. The number of ether oxygens (including phenoxy) is 5. The fraction of sp³-hybridized carbons (Fsp3) is 0.727. The highest BCUT2D eigenvalue weighted by Crippen LogP contribution is 2.62. The Bertz CT molecular complexity index is 1190. The zero-order valence-corrected chi connectivity index (χ0v) is 26.7. The molecule has 0 aromatic heterocycles. The first kappa shape index (κ1) is 32.5. The average molecular weight is 617 g/mol. The predicted molar refractivity (Wildman–Crippen MR) is 160 cm³/mol. The van der Waals surface area contributed by atoms with Crippen LogP contribution in [0.5, 0.6) is 5.75 Å². The Labute approximate surface area is 260 Å². The van der Waals surface area contributed by atoms with Crippen LogP contribution in [-0.2, 0) is 35.1 Å². The first-order valence-electron chi connectivity index (χ1n) is 15.9. The number of esters is 1. The van der Waals surface area contributed by atoms with E-state index in [9.17, 15) is 19.5 Å². The second-order valence-corrected chi connectivity index (χ2v) is 13.7. The number of methoxy groups -OCH3 is 1. The van der Waals surface area contributed by atoms with E-state index in [4.69, 9.17) is 23.7 Å². The van der Waals surface area contributed by atoms with E-state index in [2.05, 4.69) is 0 Å². The Morgan fingerprint density at radius 2 is 1.89 bits per heavy atom. The summed E-state index contributed by atoms with van der Waals surface area (Å²) in [6.45, 7) is 8.22. The smallest absolute Gasteiger partial charge is 0.410 e. The summed E-state index contributed by atoms with van der Waals surface area (Å²) in [7, 11) is 1.60. The van der Waals surface area contributed by atoms with Gasteiger partial charge in [-0.25, -0.2) is 4.79 Å². The zero-order valence-electron chi connectivity index (χ0n) is 26.7. The third-order valence-corrected chi connectivity index (χ3v) is 9.76. The molecular weight excluding hydrogens is 568 g/mol. The van der Waals surface area contributed by atoms with E-state index in [1.807, 2.05) is 24.3 Å². The highest BCUT2D eigenvalue weighted by Gasteiger charge is 2.74. The number of carbonyl (C=O) groups is 3. The molecule has 0 radical (unpaired) electrons. The van der Waals surface area contributed by atoms with Crippen molar-refractivity contribution >= 4 is 18.0 Å². The van der Waals surface area contributed by atoms with Crippen LogP contribution in [0, 0.1) is 17.3 Å². The van der Waals surface area contributed by atoms with Crippen LogP contribution >= 0.6 is 0 Å². The Morgan fingerprint density at radius 1 is 1.14 bits per heavy atom. The lowest BCUT2D eigenvalue weighted by atomic mass is 9.52.